The highest BCUT2D eigenvalue weighted by molar-refractivity contribution is 6.35. The first-order chi connectivity index (χ1) is 10.1. The minimum Gasteiger partial charge on any atom is -0.494 e. The Labute approximate surface area is 135 Å². The van der Waals surface area contributed by atoms with E-state index in [0.717, 1.165) is 23.3 Å². The van der Waals surface area contributed by atoms with E-state index in [1.165, 1.54) is 0 Å². The second-order valence-electron chi connectivity index (χ2n) is 4.88. The molecule has 2 aromatic carbocycles. The minimum atomic E-state index is -0.631. The Morgan fingerprint density at radius 1 is 1.14 bits per heavy atom. The van der Waals surface area contributed by atoms with Gasteiger partial charge in [0.1, 0.15) is 5.75 Å². The predicted molar refractivity (Wildman–Crippen MR) is 87.4 cm³/mol. The zero-order valence-corrected chi connectivity index (χ0v) is 13.4. The quantitative estimate of drug-likeness (QED) is 0.804. The molecule has 1 atom stereocenters. The number of ether oxygens (including phenoxy) is 1. The van der Waals surface area contributed by atoms with Crippen LogP contribution >= 0.6 is 23.2 Å². The van der Waals surface area contributed by atoms with Crippen molar-refractivity contribution in [3.05, 3.63) is 63.6 Å². The van der Waals surface area contributed by atoms with Gasteiger partial charge in [0.15, 0.2) is 0 Å². The summed E-state index contributed by atoms with van der Waals surface area (Å²) in [7, 11) is 0. The Kier molecular flexibility index (Phi) is 5.92. The highest BCUT2D eigenvalue weighted by Gasteiger charge is 2.12. The number of halogens is 2. The number of hydrogen-bond donors (Lipinski definition) is 1. The fourth-order valence-corrected chi connectivity index (χ4v) is 2.53. The van der Waals surface area contributed by atoms with Crippen LogP contribution in [0.4, 0.5) is 0 Å². The van der Waals surface area contributed by atoms with E-state index in [4.69, 9.17) is 27.9 Å². The summed E-state index contributed by atoms with van der Waals surface area (Å²) in [5.74, 6) is 0.774. The van der Waals surface area contributed by atoms with Gasteiger partial charge in [-0.05, 0) is 41.8 Å². The molecule has 2 nitrogen and oxygen atoms in total. The molecule has 0 fully saturated rings. The van der Waals surface area contributed by atoms with Crippen molar-refractivity contribution in [2.45, 2.75) is 25.9 Å². The fourth-order valence-electron chi connectivity index (χ4n) is 2.04. The molecular weight excluding hydrogens is 307 g/mol. The molecule has 112 valence electrons. The van der Waals surface area contributed by atoms with Crippen molar-refractivity contribution in [2.24, 2.45) is 0 Å². The minimum absolute atomic E-state index is 0.438. The van der Waals surface area contributed by atoms with Crippen LogP contribution in [0.2, 0.25) is 10.0 Å². The smallest absolute Gasteiger partial charge is 0.119 e. The maximum absolute atomic E-state index is 10.4. The largest absolute Gasteiger partial charge is 0.494 e. The highest BCUT2D eigenvalue weighted by Crippen LogP contribution is 2.27. The first-order valence-corrected chi connectivity index (χ1v) is 7.70. The average Bonchev–Trinajstić information content (AvgIpc) is 2.48. The van der Waals surface area contributed by atoms with Crippen LogP contribution < -0.4 is 4.74 Å². The number of hydrogen-bond acceptors (Lipinski definition) is 2. The summed E-state index contributed by atoms with van der Waals surface area (Å²) >= 11 is 12.0. The summed E-state index contributed by atoms with van der Waals surface area (Å²) in [6.07, 6.45) is 0.759. The molecule has 2 aromatic rings. The normalized spacial score (nSPS) is 12.2. The molecule has 4 heteroatoms. The number of aliphatic hydroxyl groups excluding tert-OH is 1. The van der Waals surface area contributed by atoms with Crippen LogP contribution in [0.3, 0.4) is 0 Å². The lowest BCUT2D eigenvalue weighted by Gasteiger charge is -2.14. The van der Waals surface area contributed by atoms with Gasteiger partial charge in [0.2, 0.25) is 0 Å². The topological polar surface area (TPSA) is 29.5 Å². The standard InChI is InChI=1S/C17H18Cl2O2/c1-2-8-21-15-5-3-4-13(9-15)17(20)10-12-6-7-14(18)11-16(12)19/h3-7,9,11,17,20H,2,8,10H2,1H3. The summed E-state index contributed by atoms with van der Waals surface area (Å²) in [6, 6.07) is 12.8. The summed E-state index contributed by atoms with van der Waals surface area (Å²) in [5, 5.41) is 11.5. The van der Waals surface area contributed by atoms with E-state index in [1.807, 2.05) is 30.3 Å². The van der Waals surface area contributed by atoms with Gasteiger partial charge in [0.05, 0.1) is 12.7 Å². The lowest BCUT2D eigenvalue weighted by molar-refractivity contribution is 0.178. The van der Waals surface area contributed by atoms with Crippen LogP contribution in [0.5, 0.6) is 5.75 Å². The number of aliphatic hydroxyl groups is 1. The van der Waals surface area contributed by atoms with Gasteiger partial charge in [0, 0.05) is 16.5 Å². The second-order valence-corrected chi connectivity index (χ2v) is 5.72. The molecule has 0 amide bonds. The lowest BCUT2D eigenvalue weighted by atomic mass is 10.0. The fraction of sp³-hybridized carbons (Fsp3) is 0.294. The van der Waals surface area contributed by atoms with Crippen molar-refractivity contribution in [3.8, 4) is 5.75 Å². The second kappa shape index (κ2) is 7.69. The van der Waals surface area contributed by atoms with E-state index in [-0.39, 0.29) is 0 Å². The van der Waals surface area contributed by atoms with Gasteiger partial charge in [-0.1, -0.05) is 48.3 Å². The monoisotopic (exact) mass is 324 g/mol. The molecular formula is C17H18Cl2O2. The van der Waals surface area contributed by atoms with E-state index >= 15 is 0 Å². The van der Waals surface area contributed by atoms with Crippen molar-refractivity contribution in [1.29, 1.82) is 0 Å². The summed E-state index contributed by atoms with van der Waals surface area (Å²) in [4.78, 5) is 0. The molecule has 0 radical (unpaired) electrons. The molecule has 0 saturated carbocycles. The summed E-state index contributed by atoms with van der Waals surface area (Å²) in [5.41, 5.74) is 1.68. The third kappa shape index (κ3) is 4.63. The Hall–Kier alpha value is -1.22. The average molecular weight is 325 g/mol. The Morgan fingerprint density at radius 3 is 2.67 bits per heavy atom. The predicted octanol–water partition coefficient (Wildman–Crippen LogP) is 5.06. The zero-order valence-electron chi connectivity index (χ0n) is 11.9. The van der Waals surface area contributed by atoms with E-state index in [0.29, 0.717) is 23.1 Å². The molecule has 0 aliphatic carbocycles. The van der Waals surface area contributed by atoms with Gasteiger partial charge in [0.25, 0.3) is 0 Å². The first-order valence-electron chi connectivity index (χ1n) is 6.95. The van der Waals surface area contributed by atoms with Crippen molar-refractivity contribution in [2.75, 3.05) is 6.61 Å². The van der Waals surface area contributed by atoms with Crippen molar-refractivity contribution in [3.63, 3.8) is 0 Å². The molecule has 0 aliphatic rings. The van der Waals surface area contributed by atoms with E-state index in [2.05, 4.69) is 6.92 Å². The SMILES string of the molecule is CCCOc1cccc(C(O)Cc2ccc(Cl)cc2Cl)c1. The van der Waals surface area contributed by atoms with Crippen LogP contribution in [-0.4, -0.2) is 11.7 Å². The number of rotatable bonds is 6. The Balaban J connectivity index is 2.10. The molecule has 1 N–H and O–H groups in total. The van der Waals surface area contributed by atoms with Gasteiger partial charge in [-0.3, -0.25) is 0 Å². The molecule has 0 bridgehead atoms. The molecule has 0 saturated heterocycles. The molecule has 21 heavy (non-hydrogen) atoms. The first kappa shape index (κ1) is 16.2. The molecule has 2 rings (SSSR count). The van der Waals surface area contributed by atoms with Gasteiger partial charge in [-0.25, -0.2) is 0 Å². The molecule has 0 spiro atoms. The van der Waals surface area contributed by atoms with Crippen molar-refractivity contribution in [1.82, 2.24) is 0 Å². The van der Waals surface area contributed by atoms with Crippen molar-refractivity contribution >= 4 is 23.2 Å². The highest BCUT2D eigenvalue weighted by atomic mass is 35.5. The summed E-state index contributed by atoms with van der Waals surface area (Å²) < 4.78 is 5.58. The van der Waals surface area contributed by atoms with Gasteiger partial charge in [-0.15, -0.1) is 0 Å². The van der Waals surface area contributed by atoms with Crippen LogP contribution in [0.1, 0.15) is 30.6 Å². The zero-order chi connectivity index (χ0) is 15.2. The van der Waals surface area contributed by atoms with E-state index in [9.17, 15) is 5.11 Å². The van der Waals surface area contributed by atoms with Crippen LogP contribution in [-0.2, 0) is 6.42 Å². The van der Waals surface area contributed by atoms with Crippen LogP contribution in [0.25, 0.3) is 0 Å². The molecule has 0 aromatic heterocycles. The van der Waals surface area contributed by atoms with Gasteiger partial charge in [-0.2, -0.15) is 0 Å². The Bertz CT molecular complexity index is 599. The van der Waals surface area contributed by atoms with Crippen molar-refractivity contribution < 1.29 is 9.84 Å². The van der Waals surface area contributed by atoms with E-state index in [1.54, 1.807) is 12.1 Å². The molecule has 0 heterocycles. The van der Waals surface area contributed by atoms with Crippen LogP contribution in [0, 0.1) is 0 Å². The van der Waals surface area contributed by atoms with Gasteiger partial charge < -0.3 is 9.84 Å². The molecule has 1 unspecified atom stereocenters. The number of benzene rings is 2. The van der Waals surface area contributed by atoms with Crippen LogP contribution in [0.15, 0.2) is 42.5 Å². The third-order valence-corrected chi connectivity index (χ3v) is 3.73. The molecule has 0 aliphatic heterocycles. The summed E-state index contributed by atoms with van der Waals surface area (Å²) in [6.45, 7) is 2.73. The Morgan fingerprint density at radius 2 is 1.95 bits per heavy atom. The van der Waals surface area contributed by atoms with Gasteiger partial charge >= 0.3 is 0 Å². The lowest BCUT2D eigenvalue weighted by Crippen LogP contribution is -2.03. The maximum atomic E-state index is 10.4. The maximum Gasteiger partial charge on any atom is 0.119 e. The third-order valence-electron chi connectivity index (χ3n) is 3.14. The van der Waals surface area contributed by atoms with E-state index < -0.39 is 6.10 Å².